The van der Waals surface area contributed by atoms with Crippen LogP contribution in [0.1, 0.15) is 10.8 Å². The van der Waals surface area contributed by atoms with E-state index < -0.39 is 0 Å². The van der Waals surface area contributed by atoms with Crippen LogP contribution in [0.15, 0.2) is 44.7 Å². The summed E-state index contributed by atoms with van der Waals surface area (Å²) in [6.07, 6.45) is 3.74. The summed E-state index contributed by atoms with van der Waals surface area (Å²) in [5.74, 6) is 1.02. The van der Waals surface area contributed by atoms with Crippen LogP contribution in [0, 0.1) is 0 Å². The Morgan fingerprint density at radius 1 is 1.10 bits per heavy atom. The van der Waals surface area contributed by atoms with E-state index >= 15 is 0 Å². The second-order valence-electron chi connectivity index (χ2n) is 3.94. The Morgan fingerprint density at radius 2 is 1.90 bits per heavy atom. The van der Waals surface area contributed by atoms with Crippen molar-refractivity contribution >= 4 is 51.0 Å². The van der Waals surface area contributed by atoms with Gasteiger partial charge in [-0.25, -0.2) is 0 Å². The van der Waals surface area contributed by atoms with Gasteiger partial charge in [-0.1, -0.05) is 16.8 Å². The Balaban J connectivity index is 1.80. The van der Waals surface area contributed by atoms with E-state index in [1.807, 2.05) is 30.3 Å². The van der Waals surface area contributed by atoms with Crippen LogP contribution in [-0.2, 0) is 0 Å². The Morgan fingerprint density at radius 3 is 2.60 bits per heavy atom. The summed E-state index contributed by atoms with van der Waals surface area (Å²) in [4.78, 5) is 5.43. The lowest BCUT2D eigenvalue weighted by molar-refractivity contribution is 0.411. The SMILES string of the molecule is Clc1ccc(-c2noc(/C=C/c3ccc(Br)s3)n2)cc1. The van der Waals surface area contributed by atoms with Gasteiger partial charge in [0, 0.05) is 21.5 Å². The fourth-order valence-corrected chi connectivity index (χ4v) is 3.04. The predicted octanol–water partition coefficient (Wildman–Crippen LogP) is 5.38. The number of benzene rings is 1. The van der Waals surface area contributed by atoms with Crippen LogP contribution in [0.5, 0.6) is 0 Å². The molecule has 0 bridgehead atoms. The molecule has 3 rings (SSSR count). The van der Waals surface area contributed by atoms with Crippen LogP contribution in [0.2, 0.25) is 5.02 Å². The number of rotatable bonds is 3. The molecule has 0 unspecified atom stereocenters. The van der Waals surface area contributed by atoms with Crippen molar-refractivity contribution in [2.75, 3.05) is 0 Å². The van der Waals surface area contributed by atoms with Crippen LogP contribution in [-0.4, -0.2) is 10.1 Å². The van der Waals surface area contributed by atoms with E-state index in [2.05, 4.69) is 26.1 Å². The Labute approximate surface area is 133 Å². The zero-order chi connectivity index (χ0) is 13.9. The van der Waals surface area contributed by atoms with Gasteiger partial charge in [0.05, 0.1) is 3.79 Å². The summed E-state index contributed by atoms with van der Waals surface area (Å²) < 4.78 is 6.28. The minimum absolute atomic E-state index is 0.472. The highest BCUT2D eigenvalue weighted by Gasteiger charge is 2.06. The maximum atomic E-state index is 5.85. The average Bonchev–Trinajstić information content (AvgIpc) is 3.06. The summed E-state index contributed by atoms with van der Waals surface area (Å²) in [7, 11) is 0. The quantitative estimate of drug-likeness (QED) is 0.623. The van der Waals surface area contributed by atoms with Gasteiger partial charge in [0.25, 0.3) is 5.89 Å². The second kappa shape index (κ2) is 5.91. The first-order valence-corrected chi connectivity index (χ1v) is 7.72. The van der Waals surface area contributed by atoms with Crippen molar-refractivity contribution in [3.05, 3.63) is 56.0 Å². The van der Waals surface area contributed by atoms with Crippen LogP contribution in [0.4, 0.5) is 0 Å². The van der Waals surface area contributed by atoms with Crippen LogP contribution < -0.4 is 0 Å². The molecular weight excluding hydrogens is 360 g/mol. The van der Waals surface area contributed by atoms with Crippen LogP contribution in [0.3, 0.4) is 0 Å². The first-order valence-electron chi connectivity index (χ1n) is 5.74. The van der Waals surface area contributed by atoms with Crippen molar-refractivity contribution in [1.29, 1.82) is 0 Å². The van der Waals surface area contributed by atoms with Crippen molar-refractivity contribution in [3.8, 4) is 11.4 Å². The Hall–Kier alpha value is -1.43. The molecule has 0 amide bonds. The monoisotopic (exact) mass is 366 g/mol. The predicted molar refractivity (Wildman–Crippen MR) is 85.7 cm³/mol. The first-order chi connectivity index (χ1) is 9.70. The molecule has 0 atom stereocenters. The highest BCUT2D eigenvalue weighted by atomic mass is 79.9. The Kier molecular flexibility index (Phi) is 4.00. The number of aromatic nitrogens is 2. The molecule has 0 spiro atoms. The summed E-state index contributed by atoms with van der Waals surface area (Å²) in [6.45, 7) is 0. The molecule has 2 aromatic heterocycles. The van der Waals surface area contributed by atoms with E-state index in [-0.39, 0.29) is 0 Å². The van der Waals surface area contributed by atoms with Crippen LogP contribution in [0.25, 0.3) is 23.5 Å². The number of nitrogens with zero attached hydrogens (tertiary/aromatic N) is 2. The molecule has 0 fully saturated rings. The maximum Gasteiger partial charge on any atom is 0.250 e. The zero-order valence-electron chi connectivity index (χ0n) is 10.1. The molecule has 1 aromatic carbocycles. The van der Waals surface area contributed by atoms with Gasteiger partial charge in [0.2, 0.25) is 5.82 Å². The van der Waals surface area contributed by atoms with E-state index in [4.69, 9.17) is 16.1 Å². The third kappa shape index (κ3) is 3.17. The number of thiophene rings is 1. The molecule has 0 aliphatic carbocycles. The van der Waals surface area contributed by atoms with E-state index in [0.29, 0.717) is 16.7 Å². The second-order valence-corrected chi connectivity index (χ2v) is 6.87. The third-order valence-electron chi connectivity index (χ3n) is 2.53. The molecule has 0 aliphatic rings. The molecular formula is C14H8BrClN2OS. The topological polar surface area (TPSA) is 38.9 Å². The summed E-state index contributed by atoms with van der Waals surface area (Å²) >= 11 is 10.9. The van der Waals surface area contributed by atoms with Gasteiger partial charge in [0.15, 0.2) is 0 Å². The summed E-state index contributed by atoms with van der Waals surface area (Å²) in [5, 5.41) is 4.63. The third-order valence-corrected chi connectivity index (χ3v) is 4.37. The standard InChI is InChI=1S/C14H8BrClN2OS/c15-12-7-5-11(20-12)6-8-13-17-14(18-19-13)9-1-3-10(16)4-2-9/h1-8H/b8-6+. The van der Waals surface area contributed by atoms with Gasteiger partial charge in [-0.05, 0) is 58.4 Å². The fourth-order valence-electron chi connectivity index (χ4n) is 1.59. The van der Waals surface area contributed by atoms with Gasteiger partial charge in [-0.2, -0.15) is 4.98 Å². The molecule has 3 aromatic rings. The molecule has 0 saturated heterocycles. The number of halogens is 2. The highest BCUT2D eigenvalue weighted by molar-refractivity contribution is 9.11. The van der Waals surface area contributed by atoms with E-state index in [1.54, 1.807) is 29.5 Å². The van der Waals surface area contributed by atoms with Crippen molar-refractivity contribution < 1.29 is 4.52 Å². The summed E-state index contributed by atoms with van der Waals surface area (Å²) in [5.41, 5.74) is 0.872. The summed E-state index contributed by atoms with van der Waals surface area (Å²) in [6, 6.07) is 11.3. The average molecular weight is 368 g/mol. The van der Waals surface area contributed by atoms with Crippen molar-refractivity contribution in [3.63, 3.8) is 0 Å². The molecule has 6 heteroatoms. The molecule has 100 valence electrons. The number of hydrogen-bond acceptors (Lipinski definition) is 4. The Bertz CT molecular complexity index is 749. The first kappa shape index (κ1) is 13.5. The van der Waals surface area contributed by atoms with Gasteiger partial charge in [0.1, 0.15) is 0 Å². The van der Waals surface area contributed by atoms with E-state index in [0.717, 1.165) is 14.2 Å². The molecule has 0 aliphatic heterocycles. The molecule has 3 nitrogen and oxygen atoms in total. The largest absolute Gasteiger partial charge is 0.334 e. The van der Waals surface area contributed by atoms with Gasteiger partial charge >= 0.3 is 0 Å². The molecule has 20 heavy (non-hydrogen) atoms. The van der Waals surface area contributed by atoms with Crippen molar-refractivity contribution in [2.45, 2.75) is 0 Å². The smallest absolute Gasteiger partial charge is 0.250 e. The maximum absolute atomic E-state index is 5.85. The lowest BCUT2D eigenvalue weighted by Crippen LogP contribution is -1.79. The van der Waals surface area contributed by atoms with Crippen molar-refractivity contribution in [1.82, 2.24) is 10.1 Å². The fraction of sp³-hybridized carbons (Fsp3) is 0. The number of hydrogen-bond donors (Lipinski definition) is 0. The lowest BCUT2D eigenvalue weighted by atomic mass is 10.2. The van der Waals surface area contributed by atoms with Crippen LogP contribution >= 0.6 is 38.9 Å². The normalized spacial score (nSPS) is 11.3. The molecule has 0 saturated carbocycles. The molecule has 2 heterocycles. The molecule has 0 N–H and O–H groups in total. The zero-order valence-corrected chi connectivity index (χ0v) is 13.2. The van der Waals surface area contributed by atoms with Gasteiger partial charge in [-0.15, -0.1) is 11.3 Å². The van der Waals surface area contributed by atoms with Gasteiger partial charge in [-0.3, -0.25) is 0 Å². The lowest BCUT2D eigenvalue weighted by Gasteiger charge is -1.92. The molecule has 0 radical (unpaired) electrons. The van der Waals surface area contributed by atoms with E-state index in [9.17, 15) is 0 Å². The minimum Gasteiger partial charge on any atom is -0.334 e. The highest BCUT2D eigenvalue weighted by Crippen LogP contribution is 2.24. The minimum atomic E-state index is 0.472. The van der Waals surface area contributed by atoms with Crippen molar-refractivity contribution in [2.24, 2.45) is 0 Å². The van der Waals surface area contributed by atoms with E-state index in [1.165, 1.54) is 0 Å². The van der Waals surface area contributed by atoms with Gasteiger partial charge < -0.3 is 4.52 Å².